The summed E-state index contributed by atoms with van der Waals surface area (Å²) in [6.07, 6.45) is 3.81. The van der Waals surface area contributed by atoms with Crippen molar-refractivity contribution in [2.24, 2.45) is 11.8 Å². The van der Waals surface area contributed by atoms with Gasteiger partial charge in [-0.1, -0.05) is 43.7 Å². The summed E-state index contributed by atoms with van der Waals surface area (Å²) >= 11 is 0. The molecule has 1 N–H and O–H groups in total. The van der Waals surface area contributed by atoms with E-state index >= 15 is 0 Å². The molecule has 118 valence electrons. The number of hydrogen-bond donors (Lipinski definition) is 1. The fraction of sp³-hybridized carbons (Fsp3) is 0.684. The Morgan fingerprint density at radius 1 is 1.19 bits per heavy atom. The van der Waals surface area contributed by atoms with Gasteiger partial charge in [0.05, 0.1) is 0 Å². The summed E-state index contributed by atoms with van der Waals surface area (Å²) in [4.78, 5) is 2.50. The monoisotopic (exact) mass is 288 g/mol. The Kier molecular flexibility index (Phi) is 6.25. The maximum absolute atomic E-state index is 3.77. The maximum atomic E-state index is 3.77. The molecule has 0 bridgehead atoms. The van der Waals surface area contributed by atoms with Gasteiger partial charge in [0, 0.05) is 19.1 Å². The molecule has 1 saturated heterocycles. The second-order valence-corrected chi connectivity index (χ2v) is 7.35. The smallest absolute Gasteiger partial charge is 0.0198 e. The number of nitrogens with one attached hydrogen (secondary N) is 1. The van der Waals surface area contributed by atoms with E-state index in [9.17, 15) is 0 Å². The average Bonchev–Trinajstić information content (AvgIpc) is 2.40. The second kappa shape index (κ2) is 7.95. The Morgan fingerprint density at radius 2 is 1.90 bits per heavy atom. The van der Waals surface area contributed by atoms with Crippen molar-refractivity contribution >= 4 is 0 Å². The first kappa shape index (κ1) is 16.5. The fourth-order valence-corrected chi connectivity index (χ4v) is 3.37. The molecule has 1 aliphatic rings. The van der Waals surface area contributed by atoms with E-state index in [4.69, 9.17) is 0 Å². The summed E-state index contributed by atoms with van der Waals surface area (Å²) in [5, 5.41) is 3.77. The van der Waals surface area contributed by atoms with Crippen molar-refractivity contribution in [1.82, 2.24) is 10.2 Å². The summed E-state index contributed by atoms with van der Waals surface area (Å²) in [5.41, 5.74) is 2.84. The zero-order chi connectivity index (χ0) is 15.2. The van der Waals surface area contributed by atoms with Gasteiger partial charge in [0.2, 0.25) is 0 Å². The molecule has 0 aromatic heterocycles. The predicted molar refractivity (Wildman–Crippen MR) is 91.7 cm³/mol. The van der Waals surface area contributed by atoms with E-state index in [1.165, 1.54) is 43.5 Å². The van der Waals surface area contributed by atoms with Gasteiger partial charge < -0.3 is 10.2 Å². The molecule has 1 aromatic carbocycles. The van der Waals surface area contributed by atoms with Gasteiger partial charge in [0.25, 0.3) is 0 Å². The van der Waals surface area contributed by atoms with Crippen molar-refractivity contribution in [3.8, 4) is 0 Å². The zero-order valence-electron chi connectivity index (χ0n) is 14.2. The number of rotatable bonds is 6. The normalized spacial score (nSPS) is 23.7. The van der Waals surface area contributed by atoms with E-state index in [2.05, 4.69) is 62.3 Å². The molecule has 1 fully saturated rings. The Morgan fingerprint density at radius 3 is 2.57 bits per heavy atom. The molecule has 0 saturated carbocycles. The topological polar surface area (TPSA) is 15.3 Å². The summed E-state index contributed by atoms with van der Waals surface area (Å²) < 4.78 is 0. The molecule has 21 heavy (non-hydrogen) atoms. The Bertz CT molecular complexity index is 410. The highest BCUT2D eigenvalue weighted by atomic mass is 15.1. The highest BCUT2D eigenvalue weighted by molar-refractivity contribution is 5.21. The van der Waals surface area contributed by atoms with Crippen LogP contribution >= 0.6 is 0 Å². The quantitative estimate of drug-likeness (QED) is 0.862. The third-order valence-corrected chi connectivity index (χ3v) is 4.52. The number of likely N-dealkylation sites (tertiary alicyclic amines) is 1. The van der Waals surface area contributed by atoms with Crippen LogP contribution in [-0.4, -0.2) is 37.6 Å². The molecular formula is C19H32N2. The third kappa shape index (κ3) is 5.80. The van der Waals surface area contributed by atoms with Gasteiger partial charge in [0.1, 0.15) is 0 Å². The number of benzene rings is 1. The Balaban J connectivity index is 1.83. The lowest BCUT2D eigenvalue weighted by molar-refractivity contribution is 0.168. The van der Waals surface area contributed by atoms with Gasteiger partial charge in [-0.25, -0.2) is 0 Å². The summed E-state index contributed by atoms with van der Waals surface area (Å²) in [6, 6.07) is 9.73. The fourth-order valence-electron chi connectivity index (χ4n) is 3.37. The molecule has 0 amide bonds. The number of nitrogens with zero attached hydrogens (tertiary/aromatic N) is 1. The van der Waals surface area contributed by atoms with Gasteiger partial charge >= 0.3 is 0 Å². The number of piperidine rings is 1. The van der Waals surface area contributed by atoms with E-state index in [-0.39, 0.29) is 0 Å². The van der Waals surface area contributed by atoms with Crippen molar-refractivity contribution in [1.29, 1.82) is 0 Å². The van der Waals surface area contributed by atoms with Crippen LogP contribution < -0.4 is 5.32 Å². The van der Waals surface area contributed by atoms with Crippen LogP contribution in [0.15, 0.2) is 24.3 Å². The van der Waals surface area contributed by atoms with Crippen LogP contribution in [0.4, 0.5) is 0 Å². The van der Waals surface area contributed by atoms with E-state index in [1.807, 2.05) is 0 Å². The average molecular weight is 288 g/mol. The zero-order valence-corrected chi connectivity index (χ0v) is 14.2. The molecule has 1 heterocycles. The Hall–Kier alpha value is -0.860. The van der Waals surface area contributed by atoms with Crippen LogP contribution in [0.3, 0.4) is 0 Å². The van der Waals surface area contributed by atoms with Crippen molar-refractivity contribution in [2.75, 3.05) is 26.7 Å². The first-order chi connectivity index (χ1) is 10.0. The van der Waals surface area contributed by atoms with Gasteiger partial charge in [0.15, 0.2) is 0 Å². The molecule has 2 unspecified atom stereocenters. The molecular weight excluding hydrogens is 256 g/mol. The summed E-state index contributed by atoms with van der Waals surface area (Å²) in [6.45, 7) is 10.3. The van der Waals surface area contributed by atoms with Gasteiger partial charge in [-0.05, 0) is 57.2 Å². The molecule has 1 aromatic rings. The van der Waals surface area contributed by atoms with Crippen LogP contribution in [-0.2, 0) is 6.42 Å². The van der Waals surface area contributed by atoms with Crippen molar-refractivity contribution in [3.63, 3.8) is 0 Å². The van der Waals surface area contributed by atoms with E-state index in [1.54, 1.807) is 0 Å². The van der Waals surface area contributed by atoms with Gasteiger partial charge in [-0.2, -0.15) is 0 Å². The molecule has 2 nitrogen and oxygen atoms in total. The first-order valence-corrected chi connectivity index (χ1v) is 8.50. The van der Waals surface area contributed by atoms with E-state index < -0.39 is 0 Å². The summed E-state index contributed by atoms with van der Waals surface area (Å²) in [7, 11) is 2.26. The molecule has 0 radical (unpaired) electrons. The molecule has 2 atom stereocenters. The molecule has 2 rings (SSSR count). The number of aryl methyl sites for hydroxylation is 1. The van der Waals surface area contributed by atoms with Crippen LogP contribution in [0, 0.1) is 18.8 Å². The van der Waals surface area contributed by atoms with Gasteiger partial charge in [-0.15, -0.1) is 0 Å². The van der Waals surface area contributed by atoms with Crippen LogP contribution in [0.1, 0.15) is 37.8 Å². The van der Waals surface area contributed by atoms with Crippen LogP contribution in [0.2, 0.25) is 0 Å². The molecule has 0 aliphatic carbocycles. The first-order valence-electron chi connectivity index (χ1n) is 8.50. The largest absolute Gasteiger partial charge is 0.313 e. The van der Waals surface area contributed by atoms with E-state index in [0.717, 1.165) is 18.4 Å². The standard InChI is InChI=1S/C19H32N2/c1-15(2)9-10-20-19-12-18(13-21(4)14-19)11-17-7-5-16(3)6-8-17/h5-8,15,18-20H,9-14H2,1-4H3. The van der Waals surface area contributed by atoms with Crippen LogP contribution in [0.25, 0.3) is 0 Å². The van der Waals surface area contributed by atoms with Gasteiger partial charge in [-0.3, -0.25) is 0 Å². The lowest BCUT2D eigenvalue weighted by Gasteiger charge is -2.36. The molecule has 2 heteroatoms. The molecule has 1 aliphatic heterocycles. The minimum Gasteiger partial charge on any atom is -0.313 e. The Labute approximate surface area is 130 Å². The highest BCUT2D eigenvalue weighted by Crippen LogP contribution is 2.21. The van der Waals surface area contributed by atoms with Crippen molar-refractivity contribution in [2.45, 2.75) is 46.1 Å². The lowest BCUT2D eigenvalue weighted by Crippen LogP contribution is -2.48. The number of hydrogen-bond acceptors (Lipinski definition) is 2. The van der Waals surface area contributed by atoms with Crippen molar-refractivity contribution < 1.29 is 0 Å². The minimum atomic E-state index is 0.665. The third-order valence-electron chi connectivity index (χ3n) is 4.52. The predicted octanol–water partition coefficient (Wildman–Crippen LogP) is 3.49. The van der Waals surface area contributed by atoms with Crippen LogP contribution in [0.5, 0.6) is 0 Å². The number of likely N-dealkylation sites (N-methyl/N-ethyl adjacent to an activating group) is 1. The lowest BCUT2D eigenvalue weighted by atomic mass is 9.88. The molecule has 0 spiro atoms. The maximum Gasteiger partial charge on any atom is 0.0198 e. The summed E-state index contributed by atoms with van der Waals surface area (Å²) in [5.74, 6) is 1.57. The minimum absolute atomic E-state index is 0.665. The van der Waals surface area contributed by atoms with E-state index in [0.29, 0.717) is 6.04 Å². The van der Waals surface area contributed by atoms with Crippen molar-refractivity contribution in [3.05, 3.63) is 35.4 Å². The highest BCUT2D eigenvalue weighted by Gasteiger charge is 2.24. The SMILES string of the molecule is Cc1ccc(CC2CC(NCCC(C)C)CN(C)C2)cc1. The second-order valence-electron chi connectivity index (χ2n) is 7.35.